The summed E-state index contributed by atoms with van der Waals surface area (Å²) in [5.41, 5.74) is -0.442. The summed E-state index contributed by atoms with van der Waals surface area (Å²) in [5.74, 6) is -0.148. The number of esters is 1. The third-order valence-corrected chi connectivity index (χ3v) is 3.36. The van der Waals surface area contributed by atoms with Crippen LogP contribution < -0.4 is 0 Å². The van der Waals surface area contributed by atoms with Gasteiger partial charge in [0.05, 0.1) is 7.11 Å². The molecular weight excluding hydrogens is 272 g/mol. The topological polar surface area (TPSA) is 59.1 Å². The largest absolute Gasteiger partial charge is 0.469 e. The molecule has 0 N–H and O–H groups in total. The number of carbonyl (C=O) groups is 2. The molecule has 1 aliphatic heterocycles. The zero-order valence-corrected chi connectivity index (χ0v) is 13.7. The van der Waals surface area contributed by atoms with E-state index < -0.39 is 5.60 Å². The number of methoxy groups -OCH3 is 1. The van der Waals surface area contributed by atoms with E-state index in [4.69, 9.17) is 4.74 Å². The van der Waals surface area contributed by atoms with Crippen molar-refractivity contribution in [3.8, 4) is 0 Å². The first-order chi connectivity index (χ1) is 9.81. The average molecular weight is 300 g/mol. The van der Waals surface area contributed by atoms with Crippen LogP contribution in [0.3, 0.4) is 0 Å². The van der Waals surface area contributed by atoms with E-state index >= 15 is 0 Å². The normalized spacial score (nSPS) is 16.7. The fourth-order valence-electron chi connectivity index (χ4n) is 2.19. The van der Waals surface area contributed by atoms with Crippen molar-refractivity contribution >= 4 is 12.1 Å². The highest BCUT2D eigenvalue weighted by atomic mass is 16.6. The molecule has 6 nitrogen and oxygen atoms in total. The van der Waals surface area contributed by atoms with Gasteiger partial charge in [0.25, 0.3) is 0 Å². The maximum Gasteiger partial charge on any atom is 0.410 e. The van der Waals surface area contributed by atoms with Gasteiger partial charge in [0.15, 0.2) is 0 Å². The highest BCUT2D eigenvalue weighted by Crippen LogP contribution is 2.12. The first-order valence-corrected chi connectivity index (χ1v) is 7.59. The minimum absolute atomic E-state index is 0.148. The van der Waals surface area contributed by atoms with E-state index in [1.807, 2.05) is 20.8 Å². The van der Waals surface area contributed by atoms with Crippen molar-refractivity contribution in [2.24, 2.45) is 0 Å². The number of unbranched alkanes of at least 4 members (excludes halogenated alkanes) is 1. The Morgan fingerprint density at radius 1 is 1.05 bits per heavy atom. The van der Waals surface area contributed by atoms with Crippen LogP contribution in [0.4, 0.5) is 4.79 Å². The lowest BCUT2D eigenvalue weighted by Gasteiger charge is -2.35. The van der Waals surface area contributed by atoms with E-state index in [-0.39, 0.29) is 12.1 Å². The highest BCUT2D eigenvalue weighted by molar-refractivity contribution is 5.69. The van der Waals surface area contributed by atoms with Crippen molar-refractivity contribution in [2.45, 2.75) is 45.6 Å². The maximum atomic E-state index is 11.9. The molecule has 0 aliphatic carbocycles. The Morgan fingerprint density at radius 2 is 1.67 bits per heavy atom. The second kappa shape index (κ2) is 8.22. The van der Waals surface area contributed by atoms with Gasteiger partial charge in [-0.1, -0.05) is 0 Å². The van der Waals surface area contributed by atoms with Crippen LogP contribution in [-0.4, -0.2) is 67.3 Å². The molecule has 122 valence electrons. The minimum Gasteiger partial charge on any atom is -0.469 e. The van der Waals surface area contributed by atoms with Crippen LogP contribution in [-0.2, 0) is 14.3 Å². The van der Waals surface area contributed by atoms with Crippen molar-refractivity contribution < 1.29 is 19.1 Å². The molecule has 1 fully saturated rings. The fraction of sp³-hybridized carbons (Fsp3) is 0.867. The second-order valence-electron chi connectivity index (χ2n) is 6.34. The van der Waals surface area contributed by atoms with Crippen LogP contribution in [0.1, 0.15) is 40.0 Å². The molecule has 0 aromatic carbocycles. The number of hydrogen-bond donors (Lipinski definition) is 0. The Hall–Kier alpha value is -1.30. The van der Waals surface area contributed by atoms with Crippen molar-refractivity contribution in [3.05, 3.63) is 0 Å². The molecule has 0 spiro atoms. The monoisotopic (exact) mass is 300 g/mol. The quantitative estimate of drug-likeness (QED) is 0.573. The van der Waals surface area contributed by atoms with Gasteiger partial charge in [0.1, 0.15) is 5.60 Å². The lowest BCUT2D eigenvalue weighted by Crippen LogP contribution is -2.50. The van der Waals surface area contributed by atoms with Gasteiger partial charge in [-0.2, -0.15) is 0 Å². The zero-order chi connectivity index (χ0) is 15.9. The summed E-state index contributed by atoms with van der Waals surface area (Å²) < 4.78 is 9.98. The van der Waals surface area contributed by atoms with E-state index in [0.717, 1.165) is 32.5 Å². The van der Waals surface area contributed by atoms with Gasteiger partial charge in [-0.05, 0) is 40.2 Å². The second-order valence-corrected chi connectivity index (χ2v) is 6.34. The molecule has 0 atom stereocenters. The van der Waals surface area contributed by atoms with Gasteiger partial charge in [-0.15, -0.1) is 0 Å². The Labute approximate surface area is 127 Å². The van der Waals surface area contributed by atoms with E-state index in [2.05, 4.69) is 9.64 Å². The SMILES string of the molecule is COC(=O)CCCCN1CCN(C(=O)OC(C)(C)C)CC1. The van der Waals surface area contributed by atoms with Gasteiger partial charge in [-0.3, -0.25) is 9.69 Å². The molecule has 1 saturated heterocycles. The number of rotatable bonds is 5. The van der Waals surface area contributed by atoms with Gasteiger partial charge in [-0.25, -0.2) is 4.79 Å². The summed E-state index contributed by atoms with van der Waals surface area (Å²) in [4.78, 5) is 27.0. The Balaban J connectivity index is 2.17. The predicted octanol–water partition coefficient (Wildman–Crippen LogP) is 1.88. The average Bonchev–Trinajstić information content (AvgIpc) is 2.42. The molecule has 21 heavy (non-hydrogen) atoms. The summed E-state index contributed by atoms with van der Waals surface area (Å²) in [6.45, 7) is 9.71. The standard InChI is InChI=1S/C15H28N2O4/c1-15(2,3)21-14(19)17-11-9-16(10-12-17)8-6-5-7-13(18)20-4/h5-12H2,1-4H3. The van der Waals surface area contributed by atoms with Gasteiger partial charge < -0.3 is 14.4 Å². The van der Waals surface area contributed by atoms with Crippen molar-refractivity contribution in [1.82, 2.24) is 9.80 Å². The smallest absolute Gasteiger partial charge is 0.410 e. The minimum atomic E-state index is -0.442. The molecule has 0 radical (unpaired) electrons. The number of piperazine rings is 1. The summed E-state index contributed by atoms with van der Waals surface area (Å²) in [6.07, 6.45) is 2.07. The van der Waals surface area contributed by atoms with Crippen LogP contribution >= 0.6 is 0 Å². The van der Waals surface area contributed by atoms with E-state index in [0.29, 0.717) is 19.5 Å². The summed E-state index contributed by atoms with van der Waals surface area (Å²) in [6, 6.07) is 0. The van der Waals surface area contributed by atoms with Crippen LogP contribution in [0, 0.1) is 0 Å². The predicted molar refractivity (Wildman–Crippen MR) is 80.1 cm³/mol. The molecule has 0 unspecified atom stereocenters. The highest BCUT2D eigenvalue weighted by Gasteiger charge is 2.25. The van der Waals surface area contributed by atoms with Crippen molar-refractivity contribution in [1.29, 1.82) is 0 Å². The van der Waals surface area contributed by atoms with Crippen molar-refractivity contribution in [3.63, 3.8) is 0 Å². The molecule has 0 saturated carbocycles. The Bertz CT molecular complexity index is 344. The lowest BCUT2D eigenvalue weighted by atomic mass is 10.2. The summed E-state index contributed by atoms with van der Waals surface area (Å²) >= 11 is 0. The van der Waals surface area contributed by atoms with E-state index in [1.165, 1.54) is 7.11 Å². The third-order valence-electron chi connectivity index (χ3n) is 3.36. The van der Waals surface area contributed by atoms with Crippen LogP contribution in [0.2, 0.25) is 0 Å². The molecule has 1 rings (SSSR count). The molecule has 1 aliphatic rings. The fourth-order valence-corrected chi connectivity index (χ4v) is 2.19. The molecule has 1 heterocycles. The van der Waals surface area contributed by atoms with Gasteiger partial charge in [0.2, 0.25) is 0 Å². The van der Waals surface area contributed by atoms with Crippen LogP contribution in [0.25, 0.3) is 0 Å². The van der Waals surface area contributed by atoms with Gasteiger partial charge >= 0.3 is 12.1 Å². The Morgan fingerprint density at radius 3 is 2.19 bits per heavy atom. The van der Waals surface area contributed by atoms with Crippen LogP contribution in [0.15, 0.2) is 0 Å². The Kier molecular flexibility index (Phi) is 6.95. The maximum absolute atomic E-state index is 11.9. The van der Waals surface area contributed by atoms with E-state index in [9.17, 15) is 9.59 Å². The molecular formula is C15H28N2O4. The van der Waals surface area contributed by atoms with Gasteiger partial charge in [0, 0.05) is 32.6 Å². The molecule has 1 amide bonds. The molecule has 0 bridgehead atoms. The molecule has 6 heteroatoms. The summed E-state index contributed by atoms with van der Waals surface area (Å²) in [5, 5.41) is 0. The first-order valence-electron chi connectivity index (χ1n) is 7.59. The number of hydrogen-bond acceptors (Lipinski definition) is 5. The number of carbonyl (C=O) groups excluding carboxylic acids is 2. The lowest BCUT2D eigenvalue weighted by molar-refractivity contribution is -0.140. The first kappa shape index (κ1) is 17.8. The zero-order valence-electron chi connectivity index (χ0n) is 13.7. The summed E-state index contributed by atoms with van der Waals surface area (Å²) in [7, 11) is 1.41. The molecule has 0 aromatic heterocycles. The van der Waals surface area contributed by atoms with E-state index in [1.54, 1.807) is 4.90 Å². The number of nitrogens with zero attached hydrogens (tertiary/aromatic N) is 2. The van der Waals surface area contributed by atoms with Crippen LogP contribution in [0.5, 0.6) is 0 Å². The number of amides is 1. The molecule has 0 aromatic rings. The number of ether oxygens (including phenoxy) is 2. The van der Waals surface area contributed by atoms with Crippen molar-refractivity contribution in [2.75, 3.05) is 39.8 Å². The third kappa shape index (κ3) is 7.32.